The van der Waals surface area contributed by atoms with Crippen molar-refractivity contribution in [2.75, 3.05) is 23.3 Å². The van der Waals surface area contributed by atoms with Crippen LogP contribution in [0, 0.1) is 19.8 Å². The van der Waals surface area contributed by atoms with Crippen molar-refractivity contribution in [3.8, 4) is 0 Å². The van der Waals surface area contributed by atoms with Crippen LogP contribution in [0.2, 0.25) is 0 Å². The van der Waals surface area contributed by atoms with Gasteiger partial charge in [0.05, 0.1) is 5.75 Å². The first-order valence-corrected chi connectivity index (χ1v) is 11.7. The first-order chi connectivity index (χ1) is 14.7. The van der Waals surface area contributed by atoms with Crippen LogP contribution < -0.4 is 14.9 Å². The molecule has 164 valence electrons. The van der Waals surface area contributed by atoms with Gasteiger partial charge in [0, 0.05) is 24.5 Å². The lowest BCUT2D eigenvalue weighted by molar-refractivity contribution is -0.129. The van der Waals surface area contributed by atoms with Gasteiger partial charge in [0.15, 0.2) is 0 Å². The number of nitrogens with zero attached hydrogens (tertiary/aromatic N) is 1. The maximum atomic E-state index is 12.8. The summed E-state index contributed by atoms with van der Waals surface area (Å²) < 4.78 is 26.3. The number of amides is 2. The molecule has 1 aliphatic heterocycles. The van der Waals surface area contributed by atoms with Crippen molar-refractivity contribution in [2.24, 2.45) is 5.92 Å². The van der Waals surface area contributed by atoms with Crippen LogP contribution in [0.15, 0.2) is 55.1 Å². The maximum absolute atomic E-state index is 12.8. The number of nitrogens with one attached hydrogen (secondary N) is 2. The van der Waals surface area contributed by atoms with Gasteiger partial charge in [-0.05, 0) is 61.2 Å². The third-order valence-corrected chi connectivity index (χ3v) is 6.67. The Bertz CT molecular complexity index is 1090. The molecule has 0 radical (unpaired) electrons. The van der Waals surface area contributed by atoms with Crippen LogP contribution in [0.1, 0.15) is 23.1 Å². The molecule has 2 amide bonds. The van der Waals surface area contributed by atoms with Gasteiger partial charge in [-0.1, -0.05) is 24.3 Å². The molecular formula is C23H27N3O4S. The van der Waals surface area contributed by atoms with Gasteiger partial charge >= 0.3 is 0 Å². The van der Waals surface area contributed by atoms with E-state index < -0.39 is 15.9 Å². The first-order valence-electron chi connectivity index (χ1n) is 10.1. The van der Waals surface area contributed by atoms with Crippen molar-refractivity contribution in [1.82, 2.24) is 4.72 Å². The molecule has 1 heterocycles. The number of anilines is 2. The lowest BCUT2D eigenvalue weighted by atomic mass is 10.1. The van der Waals surface area contributed by atoms with Crippen LogP contribution in [0.3, 0.4) is 0 Å². The summed E-state index contributed by atoms with van der Waals surface area (Å²) in [6.07, 6.45) is 1.92. The molecule has 2 N–H and O–H groups in total. The fourth-order valence-electron chi connectivity index (χ4n) is 3.44. The highest BCUT2D eigenvalue weighted by atomic mass is 32.2. The molecule has 1 unspecified atom stereocenters. The summed E-state index contributed by atoms with van der Waals surface area (Å²) >= 11 is 0. The van der Waals surface area contributed by atoms with Crippen molar-refractivity contribution >= 4 is 33.2 Å². The number of benzene rings is 2. The molecule has 1 fully saturated rings. The van der Waals surface area contributed by atoms with Crippen LogP contribution in [0.5, 0.6) is 0 Å². The maximum Gasteiger partial charge on any atom is 0.239 e. The standard InChI is InChI=1S/C23H27N3O4S/c1-4-12-24-31(29,30)15-18-6-8-19(9-7-18)25-22(27)21-11-13-26(23(21)28)20-10-5-16(2)17(3)14-20/h4-10,14,21,24H,1,11-13,15H2,2-3H3,(H,25,27). The van der Waals surface area contributed by atoms with Crippen molar-refractivity contribution in [2.45, 2.75) is 26.0 Å². The molecule has 0 saturated carbocycles. The lowest BCUT2D eigenvalue weighted by Crippen LogP contribution is -2.33. The minimum Gasteiger partial charge on any atom is -0.325 e. The minimum absolute atomic E-state index is 0.166. The number of hydrogen-bond donors (Lipinski definition) is 2. The Kier molecular flexibility index (Phi) is 6.92. The van der Waals surface area contributed by atoms with Crippen molar-refractivity contribution in [1.29, 1.82) is 0 Å². The van der Waals surface area contributed by atoms with Crippen LogP contribution in [0.4, 0.5) is 11.4 Å². The number of rotatable bonds is 8. The van der Waals surface area contributed by atoms with Gasteiger partial charge in [0.25, 0.3) is 0 Å². The fraction of sp³-hybridized carbons (Fsp3) is 0.304. The van der Waals surface area contributed by atoms with E-state index in [4.69, 9.17) is 0 Å². The van der Waals surface area contributed by atoms with Crippen molar-refractivity contribution in [3.05, 3.63) is 71.8 Å². The molecule has 2 aromatic rings. The van der Waals surface area contributed by atoms with E-state index in [0.29, 0.717) is 24.2 Å². The third-order valence-electron chi connectivity index (χ3n) is 5.35. The molecule has 8 heteroatoms. The molecule has 0 spiro atoms. The largest absolute Gasteiger partial charge is 0.325 e. The van der Waals surface area contributed by atoms with Crippen LogP contribution in [-0.4, -0.2) is 33.3 Å². The highest BCUT2D eigenvalue weighted by molar-refractivity contribution is 7.88. The summed E-state index contributed by atoms with van der Waals surface area (Å²) in [7, 11) is -3.45. The fourth-order valence-corrected chi connectivity index (χ4v) is 4.55. The number of carbonyl (C=O) groups excluding carboxylic acids is 2. The molecule has 1 aliphatic rings. The van der Waals surface area contributed by atoms with Gasteiger partial charge in [0.2, 0.25) is 21.8 Å². The predicted molar refractivity (Wildman–Crippen MR) is 122 cm³/mol. The summed E-state index contributed by atoms with van der Waals surface area (Å²) in [5, 5.41) is 2.77. The minimum atomic E-state index is -3.45. The molecule has 2 aromatic carbocycles. The quantitative estimate of drug-likeness (QED) is 0.486. The Hall–Kier alpha value is -2.97. The van der Waals surface area contributed by atoms with Crippen LogP contribution in [-0.2, 0) is 25.4 Å². The number of hydrogen-bond acceptors (Lipinski definition) is 4. The van der Waals surface area contributed by atoms with E-state index in [0.717, 1.165) is 16.8 Å². The Morgan fingerprint density at radius 3 is 2.52 bits per heavy atom. The summed E-state index contributed by atoms with van der Waals surface area (Å²) in [6.45, 7) is 8.16. The number of aryl methyl sites for hydroxylation is 2. The molecule has 0 aliphatic carbocycles. The Morgan fingerprint density at radius 2 is 1.87 bits per heavy atom. The predicted octanol–water partition coefficient (Wildman–Crippen LogP) is 2.90. The summed E-state index contributed by atoms with van der Waals surface area (Å²) in [5.41, 5.74) is 4.16. The van der Waals surface area contributed by atoms with E-state index in [1.54, 1.807) is 29.2 Å². The Balaban J connectivity index is 1.62. The van der Waals surface area contributed by atoms with E-state index in [1.165, 1.54) is 6.08 Å². The van der Waals surface area contributed by atoms with Gasteiger partial charge in [-0.15, -0.1) is 6.58 Å². The van der Waals surface area contributed by atoms with E-state index in [2.05, 4.69) is 16.6 Å². The number of carbonyl (C=O) groups is 2. The van der Waals surface area contributed by atoms with Gasteiger partial charge in [-0.3, -0.25) is 9.59 Å². The average molecular weight is 442 g/mol. The van der Waals surface area contributed by atoms with Crippen molar-refractivity contribution in [3.63, 3.8) is 0 Å². The molecule has 31 heavy (non-hydrogen) atoms. The zero-order chi connectivity index (χ0) is 22.6. The van der Waals surface area contributed by atoms with E-state index >= 15 is 0 Å². The molecule has 0 aromatic heterocycles. The topological polar surface area (TPSA) is 95.6 Å². The van der Waals surface area contributed by atoms with Gasteiger partial charge < -0.3 is 10.2 Å². The second-order valence-corrected chi connectivity index (χ2v) is 9.49. The van der Waals surface area contributed by atoms with E-state index in [1.807, 2.05) is 32.0 Å². The van der Waals surface area contributed by atoms with Gasteiger partial charge in [-0.25, -0.2) is 13.1 Å². The summed E-state index contributed by atoms with van der Waals surface area (Å²) in [4.78, 5) is 27.2. The number of sulfonamides is 1. The van der Waals surface area contributed by atoms with Crippen LogP contribution >= 0.6 is 0 Å². The van der Waals surface area contributed by atoms with E-state index in [-0.39, 0.29) is 24.1 Å². The summed E-state index contributed by atoms with van der Waals surface area (Å²) in [5.74, 6) is -1.48. The van der Waals surface area contributed by atoms with Gasteiger partial charge in [0.1, 0.15) is 5.92 Å². The molecule has 7 nitrogen and oxygen atoms in total. The molecule has 0 bridgehead atoms. The molecule has 3 rings (SSSR count). The van der Waals surface area contributed by atoms with Gasteiger partial charge in [-0.2, -0.15) is 0 Å². The van der Waals surface area contributed by atoms with Crippen LogP contribution in [0.25, 0.3) is 0 Å². The molecule has 1 atom stereocenters. The summed E-state index contributed by atoms with van der Waals surface area (Å²) in [6, 6.07) is 12.4. The average Bonchev–Trinajstić information content (AvgIpc) is 3.11. The van der Waals surface area contributed by atoms with Crippen molar-refractivity contribution < 1.29 is 18.0 Å². The normalized spacial score (nSPS) is 16.4. The third kappa shape index (κ3) is 5.59. The lowest BCUT2D eigenvalue weighted by Gasteiger charge is -2.18. The molecular weight excluding hydrogens is 414 g/mol. The van der Waals surface area contributed by atoms with E-state index in [9.17, 15) is 18.0 Å². The Morgan fingerprint density at radius 1 is 1.16 bits per heavy atom. The highest BCUT2D eigenvalue weighted by Gasteiger charge is 2.37. The SMILES string of the molecule is C=CCNS(=O)(=O)Cc1ccc(NC(=O)C2CCN(c3ccc(C)c(C)c3)C2=O)cc1. The highest BCUT2D eigenvalue weighted by Crippen LogP contribution is 2.28. The zero-order valence-corrected chi connectivity index (χ0v) is 18.5. The second-order valence-electron chi connectivity index (χ2n) is 7.68. The molecule has 1 saturated heterocycles. The Labute approximate surface area is 183 Å². The monoisotopic (exact) mass is 441 g/mol. The second kappa shape index (κ2) is 9.45. The first kappa shape index (κ1) is 22.7. The smallest absolute Gasteiger partial charge is 0.239 e. The zero-order valence-electron chi connectivity index (χ0n) is 17.7.